The minimum Gasteiger partial charge on any atom is -0.351 e. The SMILES string of the molecule is CCn1cccc1CNC(C)(C)CCc1ccccc1. The maximum atomic E-state index is 3.69. The Morgan fingerprint density at radius 2 is 1.80 bits per heavy atom. The highest BCUT2D eigenvalue weighted by Crippen LogP contribution is 2.15. The number of benzene rings is 1. The van der Waals surface area contributed by atoms with Crippen molar-refractivity contribution in [1.82, 2.24) is 9.88 Å². The van der Waals surface area contributed by atoms with Gasteiger partial charge in [-0.25, -0.2) is 0 Å². The molecule has 1 heterocycles. The fourth-order valence-corrected chi connectivity index (χ4v) is 2.44. The zero-order valence-corrected chi connectivity index (χ0v) is 12.9. The zero-order chi connectivity index (χ0) is 14.4. The van der Waals surface area contributed by atoms with Gasteiger partial charge in [0.15, 0.2) is 0 Å². The second-order valence-electron chi connectivity index (χ2n) is 6.01. The van der Waals surface area contributed by atoms with Crippen molar-refractivity contribution in [3.8, 4) is 0 Å². The fourth-order valence-electron chi connectivity index (χ4n) is 2.44. The molecule has 0 amide bonds. The molecule has 1 aromatic heterocycles. The van der Waals surface area contributed by atoms with Gasteiger partial charge in [0.2, 0.25) is 0 Å². The van der Waals surface area contributed by atoms with Crippen LogP contribution in [-0.4, -0.2) is 10.1 Å². The summed E-state index contributed by atoms with van der Waals surface area (Å²) < 4.78 is 2.29. The first-order chi connectivity index (χ1) is 9.61. The summed E-state index contributed by atoms with van der Waals surface area (Å²) in [6.07, 6.45) is 4.41. The molecule has 0 spiro atoms. The lowest BCUT2D eigenvalue weighted by Gasteiger charge is -2.27. The molecular weight excluding hydrogens is 244 g/mol. The Balaban J connectivity index is 1.84. The molecule has 0 atom stereocenters. The smallest absolute Gasteiger partial charge is 0.0363 e. The van der Waals surface area contributed by atoms with Crippen LogP contribution < -0.4 is 5.32 Å². The van der Waals surface area contributed by atoms with Crippen molar-refractivity contribution in [2.45, 2.75) is 52.2 Å². The van der Waals surface area contributed by atoms with E-state index < -0.39 is 0 Å². The van der Waals surface area contributed by atoms with Crippen LogP contribution >= 0.6 is 0 Å². The summed E-state index contributed by atoms with van der Waals surface area (Å²) in [6, 6.07) is 15.0. The van der Waals surface area contributed by atoms with E-state index in [0.717, 1.165) is 25.9 Å². The van der Waals surface area contributed by atoms with Gasteiger partial charge in [-0.1, -0.05) is 30.3 Å². The van der Waals surface area contributed by atoms with Crippen LogP contribution in [0, 0.1) is 0 Å². The molecular formula is C18H26N2. The van der Waals surface area contributed by atoms with Crippen molar-refractivity contribution >= 4 is 0 Å². The predicted molar refractivity (Wildman–Crippen MR) is 85.8 cm³/mol. The monoisotopic (exact) mass is 270 g/mol. The van der Waals surface area contributed by atoms with Gasteiger partial charge < -0.3 is 9.88 Å². The third-order valence-corrected chi connectivity index (χ3v) is 3.89. The topological polar surface area (TPSA) is 17.0 Å². The lowest BCUT2D eigenvalue weighted by Crippen LogP contribution is -2.39. The first-order valence-electron chi connectivity index (χ1n) is 7.54. The molecule has 0 fully saturated rings. The van der Waals surface area contributed by atoms with E-state index in [9.17, 15) is 0 Å². The predicted octanol–water partition coefficient (Wildman–Crippen LogP) is 4.01. The van der Waals surface area contributed by atoms with Gasteiger partial charge in [-0.2, -0.15) is 0 Å². The lowest BCUT2D eigenvalue weighted by atomic mass is 9.95. The first-order valence-corrected chi connectivity index (χ1v) is 7.54. The molecule has 0 bridgehead atoms. The molecule has 1 N–H and O–H groups in total. The van der Waals surface area contributed by atoms with Crippen LogP contribution in [0.5, 0.6) is 0 Å². The van der Waals surface area contributed by atoms with Gasteiger partial charge in [0, 0.05) is 30.5 Å². The van der Waals surface area contributed by atoms with Crippen molar-refractivity contribution in [2.24, 2.45) is 0 Å². The number of rotatable bonds is 7. The Labute approximate surface area is 122 Å². The summed E-state index contributed by atoms with van der Waals surface area (Å²) in [5, 5.41) is 3.69. The standard InChI is InChI=1S/C18H26N2/c1-4-20-14-8-11-17(20)15-19-18(2,3)13-12-16-9-6-5-7-10-16/h5-11,14,19H,4,12-13,15H2,1-3H3. The average molecular weight is 270 g/mol. The van der Waals surface area contributed by atoms with Gasteiger partial charge in [0.25, 0.3) is 0 Å². The van der Waals surface area contributed by atoms with Crippen molar-refractivity contribution in [3.63, 3.8) is 0 Å². The van der Waals surface area contributed by atoms with E-state index in [-0.39, 0.29) is 5.54 Å². The van der Waals surface area contributed by atoms with Crippen LogP contribution in [0.4, 0.5) is 0 Å². The van der Waals surface area contributed by atoms with Crippen molar-refractivity contribution in [1.29, 1.82) is 0 Å². The van der Waals surface area contributed by atoms with E-state index in [1.807, 2.05) is 0 Å². The van der Waals surface area contributed by atoms with Gasteiger partial charge in [0.1, 0.15) is 0 Å². The normalized spacial score (nSPS) is 11.8. The summed E-state index contributed by atoms with van der Waals surface area (Å²) >= 11 is 0. The molecule has 0 aliphatic heterocycles. The molecule has 0 aliphatic carbocycles. The lowest BCUT2D eigenvalue weighted by molar-refractivity contribution is 0.355. The van der Waals surface area contributed by atoms with Crippen molar-refractivity contribution in [3.05, 3.63) is 59.9 Å². The summed E-state index contributed by atoms with van der Waals surface area (Å²) in [5.74, 6) is 0. The Hall–Kier alpha value is -1.54. The summed E-state index contributed by atoms with van der Waals surface area (Å²) in [4.78, 5) is 0. The number of hydrogen-bond acceptors (Lipinski definition) is 1. The molecule has 0 aliphatic rings. The molecule has 108 valence electrons. The molecule has 2 aromatic rings. The second-order valence-corrected chi connectivity index (χ2v) is 6.01. The highest BCUT2D eigenvalue weighted by Gasteiger charge is 2.17. The Kier molecular flexibility index (Phi) is 5.02. The fraction of sp³-hybridized carbons (Fsp3) is 0.444. The second kappa shape index (κ2) is 6.76. The van der Waals surface area contributed by atoms with E-state index >= 15 is 0 Å². The summed E-state index contributed by atoms with van der Waals surface area (Å²) in [5.41, 5.74) is 2.93. The number of hydrogen-bond donors (Lipinski definition) is 1. The van der Waals surface area contributed by atoms with Gasteiger partial charge >= 0.3 is 0 Å². The van der Waals surface area contributed by atoms with Gasteiger partial charge in [-0.15, -0.1) is 0 Å². The van der Waals surface area contributed by atoms with Crippen LogP contribution in [0.3, 0.4) is 0 Å². The quantitative estimate of drug-likeness (QED) is 0.804. The third kappa shape index (κ3) is 4.24. The van der Waals surface area contributed by atoms with Crippen molar-refractivity contribution in [2.75, 3.05) is 0 Å². The molecule has 0 saturated carbocycles. The number of aromatic nitrogens is 1. The van der Waals surface area contributed by atoms with Crippen LogP contribution in [-0.2, 0) is 19.5 Å². The summed E-state index contributed by atoms with van der Waals surface area (Å²) in [7, 11) is 0. The van der Waals surface area contributed by atoms with E-state index in [1.165, 1.54) is 11.3 Å². The van der Waals surface area contributed by atoms with Crippen molar-refractivity contribution < 1.29 is 0 Å². The van der Waals surface area contributed by atoms with E-state index in [0.29, 0.717) is 0 Å². The average Bonchev–Trinajstić information content (AvgIpc) is 2.92. The van der Waals surface area contributed by atoms with E-state index in [2.05, 4.69) is 79.3 Å². The van der Waals surface area contributed by atoms with Gasteiger partial charge in [0.05, 0.1) is 0 Å². The van der Waals surface area contributed by atoms with E-state index in [4.69, 9.17) is 0 Å². The molecule has 2 nitrogen and oxygen atoms in total. The molecule has 1 aromatic carbocycles. The molecule has 20 heavy (non-hydrogen) atoms. The molecule has 2 heteroatoms. The minimum absolute atomic E-state index is 0.151. The Morgan fingerprint density at radius 1 is 1.05 bits per heavy atom. The molecule has 0 radical (unpaired) electrons. The van der Waals surface area contributed by atoms with Crippen LogP contribution in [0.15, 0.2) is 48.7 Å². The molecule has 2 rings (SSSR count). The van der Waals surface area contributed by atoms with Crippen LogP contribution in [0.2, 0.25) is 0 Å². The molecule has 0 unspecified atom stereocenters. The highest BCUT2D eigenvalue weighted by atomic mass is 15.0. The largest absolute Gasteiger partial charge is 0.351 e. The van der Waals surface area contributed by atoms with Gasteiger partial charge in [-0.05, 0) is 51.3 Å². The number of nitrogens with one attached hydrogen (secondary N) is 1. The van der Waals surface area contributed by atoms with Gasteiger partial charge in [-0.3, -0.25) is 0 Å². The zero-order valence-electron chi connectivity index (χ0n) is 12.9. The minimum atomic E-state index is 0.151. The van der Waals surface area contributed by atoms with Crippen LogP contribution in [0.25, 0.3) is 0 Å². The summed E-state index contributed by atoms with van der Waals surface area (Å²) in [6.45, 7) is 8.73. The molecule has 0 saturated heterocycles. The highest BCUT2D eigenvalue weighted by molar-refractivity contribution is 5.15. The Morgan fingerprint density at radius 3 is 2.50 bits per heavy atom. The third-order valence-electron chi connectivity index (χ3n) is 3.89. The maximum absolute atomic E-state index is 3.69. The van der Waals surface area contributed by atoms with Crippen LogP contribution in [0.1, 0.15) is 38.4 Å². The number of nitrogens with zero attached hydrogens (tertiary/aromatic N) is 1. The maximum Gasteiger partial charge on any atom is 0.0363 e. The van der Waals surface area contributed by atoms with E-state index in [1.54, 1.807) is 0 Å². The Bertz CT molecular complexity index is 511. The first kappa shape index (κ1) is 14.9. The number of aryl methyl sites for hydroxylation is 2.